The van der Waals surface area contributed by atoms with Gasteiger partial charge in [0.1, 0.15) is 0 Å². The maximum Gasteiger partial charge on any atom is -0.00913 e. The SMILES string of the molecule is CC1=C=CC=C(C(C)(C)CC(C)(C)C)C=C1. The summed E-state index contributed by atoms with van der Waals surface area (Å²) in [6, 6.07) is 0. The van der Waals surface area contributed by atoms with Crippen molar-refractivity contribution in [2.24, 2.45) is 10.8 Å². The maximum atomic E-state index is 3.24. The standard InChI is InChI=1S/C16H24/c1-13-8-7-9-14(11-10-13)16(5,6)12-15(2,3)4/h7,9-11H,12H2,1-6H3. The molecular weight excluding hydrogens is 192 g/mol. The minimum Gasteiger partial charge on any atom is -0.118 e. The van der Waals surface area contributed by atoms with Crippen molar-refractivity contribution in [2.45, 2.75) is 48.0 Å². The lowest BCUT2D eigenvalue weighted by Gasteiger charge is -2.33. The van der Waals surface area contributed by atoms with Crippen molar-refractivity contribution in [1.29, 1.82) is 0 Å². The van der Waals surface area contributed by atoms with Gasteiger partial charge in [0.2, 0.25) is 0 Å². The van der Waals surface area contributed by atoms with Crippen LogP contribution >= 0.6 is 0 Å². The van der Waals surface area contributed by atoms with E-state index >= 15 is 0 Å². The number of allylic oxidation sites excluding steroid dienone is 5. The highest BCUT2D eigenvalue weighted by atomic mass is 14.3. The van der Waals surface area contributed by atoms with Crippen molar-refractivity contribution < 1.29 is 0 Å². The highest BCUT2D eigenvalue weighted by Gasteiger charge is 2.27. The van der Waals surface area contributed by atoms with Gasteiger partial charge >= 0.3 is 0 Å². The lowest BCUT2D eigenvalue weighted by atomic mass is 9.71. The molecular formula is C16H24. The fourth-order valence-corrected chi connectivity index (χ4v) is 2.46. The first-order valence-electron chi connectivity index (χ1n) is 6.03. The van der Waals surface area contributed by atoms with Crippen LogP contribution in [0.3, 0.4) is 0 Å². The maximum absolute atomic E-state index is 3.24. The first kappa shape index (κ1) is 13.1. The summed E-state index contributed by atoms with van der Waals surface area (Å²) in [5, 5.41) is 0. The summed E-state index contributed by atoms with van der Waals surface area (Å²) >= 11 is 0. The number of hydrogen-bond donors (Lipinski definition) is 0. The van der Waals surface area contributed by atoms with Gasteiger partial charge in [-0.15, -0.1) is 5.73 Å². The zero-order chi connectivity index (χ0) is 12.4. The van der Waals surface area contributed by atoms with Gasteiger partial charge in [0, 0.05) is 0 Å². The molecule has 0 heterocycles. The van der Waals surface area contributed by atoms with E-state index in [9.17, 15) is 0 Å². The third-order valence-corrected chi connectivity index (χ3v) is 2.84. The van der Waals surface area contributed by atoms with E-state index < -0.39 is 0 Å². The number of hydrogen-bond acceptors (Lipinski definition) is 0. The molecule has 0 amide bonds. The van der Waals surface area contributed by atoms with Crippen LogP contribution in [-0.4, -0.2) is 0 Å². The van der Waals surface area contributed by atoms with E-state index in [4.69, 9.17) is 0 Å². The second-order valence-electron chi connectivity index (χ2n) is 6.57. The third kappa shape index (κ3) is 3.87. The molecule has 1 rings (SSSR count). The molecule has 0 aliphatic heterocycles. The van der Waals surface area contributed by atoms with Crippen molar-refractivity contribution in [1.82, 2.24) is 0 Å². The summed E-state index contributed by atoms with van der Waals surface area (Å²) < 4.78 is 0. The minimum absolute atomic E-state index is 0.220. The van der Waals surface area contributed by atoms with Gasteiger partial charge in [-0.05, 0) is 41.4 Å². The van der Waals surface area contributed by atoms with Crippen molar-refractivity contribution in [2.75, 3.05) is 0 Å². The molecule has 0 heteroatoms. The van der Waals surface area contributed by atoms with Crippen molar-refractivity contribution in [3.63, 3.8) is 0 Å². The Morgan fingerprint density at radius 1 is 1.06 bits per heavy atom. The molecule has 0 saturated carbocycles. The molecule has 0 aromatic heterocycles. The van der Waals surface area contributed by atoms with E-state index in [2.05, 4.69) is 65.5 Å². The van der Waals surface area contributed by atoms with Gasteiger partial charge in [0.15, 0.2) is 0 Å². The Hall–Kier alpha value is -1.00. The summed E-state index contributed by atoms with van der Waals surface area (Å²) in [6.45, 7) is 13.6. The first-order valence-corrected chi connectivity index (χ1v) is 6.03. The van der Waals surface area contributed by atoms with Gasteiger partial charge < -0.3 is 0 Å². The molecule has 0 unspecified atom stereocenters. The molecule has 0 aromatic carbocycles. The van der Waals surface area contributed by atoms with E-state index in [0.29, 0.717) is 5.41 Å². The van der Waals surface area contributed by atoms with Crippen LogP contribution in [-0.2, 0) is 0 Å². The van der Waals surface area contributed by atoms with Crippen LogP contribution in [0.1, 0.15) is 48.0 Å². The highest BCUT2D eigenvalue weighted by Crippen LogP contribution is 2.39. The summed E-state index contributed by atoms with van der Waals surface area (Å²) in [6.07, 6.45) is 9.80. The molecule has 1 aliphatic rings. The summed E-state index contributed by atoms with van der Waals surface area (Å²) in [7, 11) is 0. The molecule has 0 spiro atoms. The Kier molecular flexibility index (Phi) is 3.65. The van der Waals surface area contributed by atoms with Gasteiger partial charge in [0.25, 0.3) is 0 Å². The predicted octanol–water partition coefficient (Wildman–Crippen LogP) is 5.05. The third-order valence-electron chi connectivity index (χ3n) is 2.84. The summed E-state index contributed by atoms with van der Waals surface area (Å²) in [5.74, 6) is 0. The molecule has 0 N–H and O–H groups in total. The predicted molar refractivity (Wildman–Crippen MR) is 72.3 cm³/mol. The summed E-state index contributed by atoms with van der Waals surface area (Å²) in [4.78, 5) is 0. The zero-order valence-corrected chi connectivity index (χ0v) is 11.5. The Morgan fingerprint density at radius 2 is 1.69 bits per heavy atom. The molecule has 0 atom stereocenters. The molecule has 0 aromatic rings. The van der Waals surface area contributed by atoms with E-state index in [0.717, 1.165) is 0 Å². The van der Waals surface area contributed by atoms with Gasteiger partial charge in [-0.25, -0.2) is 0 Å². The van der Waals surface area contributed by atoms with Crippen LogP contribution in [0, 0.1) is 10.8 Å². The van der Waals surface area contributed by atoms with Crippen LogP contribution in [0.15, 0.2) is 41.2 Å². The van der Waals surface area contributed by atoms with Crippen LogP contribution < -0.4 is 0 Å². The Morgan fingerprint density at radius 3 is 2.25 bits per heavy atom. The fraction of sp³-hybridized carbons (Fsp3) is 0.562. The average molecular weight is 216 g/mol. The van der Waals surface area contributed by atoms with E-state index in [1.165, 1.54) is 17.6 Å². The van der Waals surface area contributed by atoms with Gasteiger partial charge in [-0.3, -0.25) is 0 Å². The fourth-order valence-electron chi connectivity index (χ4n) is 2.46. The molecule has 0 nitrogen and oxygen atoms in total. The molecule has 0 fully saturated rings. The topological polar surface area (TPSA) is 0 Å². The lowest BCUT2D eigenvalue weighted by Crippen LogP contribution is -2.22. The molecule has 16 heavy (non-hydrogen) atoms. The van der Waals surface area contributed by atoms with Gasteiger partial charge in [-0.2, -0.15) is 0 Å². The first-order chi connectivity index (χ1) is 7.21. The van der Waals surface area contributed by atoms with E-state index in [1.54, 1.807) is 0 Å². The molecule has 88 valence electrons. The largest absolute Gasteiger partial charge is 0.118 e. The number of rotatable bonds is 2. The van der Waals surface area contributed by atoms with Gasteiger partial charge in [-0.1, -0.05) is 52.8 Å². The smallest absolute Gasteiger partial charge is 0.00913 e. The molecule has 1 aliphatic carbocycles. The average Bonchev–Trinajstić information content (AvgIpc) is 2.25. The normalized spacial score (nSPS) is 16.9. The quantitative estimate of drug-likeness (QED) is 0.567. The van der Waals surface area contributed by atoms with Crippen LogP contribution in [0.25, 0.3) is 0 Å². The Bertz CT molecular complexity index is 375. The van der Waals surface area contributed by atoms with Crippen LogP contribution in [0.4, 0.5) is 0 Å². The second-order valence-corrected chi connectivity index (χ2v) is 6.57. The monoisotopic (exact) mass is 216 g/mol. The van der Waals surface area contributed by atoms with Crippen molar-refractivity contribution in [3.05, 3.63) is 41.2 Å². The Balaban J connectivity index is 2.91. The van der Waals surface area contributed by atoms with E-state index in [-0.39, 0.29) is 5.41 Å². The molecule has 0 saturated heterocycles. The van der Waals surface area contributed by atoms with Crippen molar-refractivity contribution >= 4 is 0 Å². The summed E-state index contributed by atoms with van der Waals surface area (Å²) in [5.41, 5.74) is 6.40. The van der Waals surface area contributed by atoms with Crippen LogP contribution in [0.5, 0.6) is 0 Å². The van der Waals surface area contributed by atoms with E-state index in [1.807, 2.05) is 6.08 Å². The second kappa shape index (κ2) is 4.47. The van der Waals surface area contributed by atoms with Crippen molar-refractivity contribution in [3.8, 4) is 0 Å². The highest BCUT2D eigenvalue weighted by molar-refractivity contribution is 5.36. The lowest BCUT2D eigenvalue weighted by molar-refractivity contribution is 0.253. The molecule has 0 bridgehead atoms. The zero-order valence-electron chi connectivity index (χ0n) is 11.5. The minimum atomic E-state index is 0.220. The van der Waals surface area contributed by atoms with Gasteiger partial charge in [0.05, 0.1) is 0 Å². The molecule has 0 radical (unpaired) electrons. The Labute approximate surface area is 100 Å². The van der Waals surface area contributed by atoms with Crippen LogP contribution in [0.2, 0.25) is 0 Å².